The Morgan fingerprint density at radius 1 is 1.25 bits per heavy atom. The quantitative estimate of drug-likeness (QED) is 0.557. The van der Waals surface area contributed by atoms with Crippen molar-refractivity contribution < 1.29 is 13.3 Å². The summed E-state index contributed by atoms with van der Waals surface area (Å²) in [4.78, 5) is 18.2. The van der Waals surface area contributed by atoms with Crippen LogP contribution in [0.2, 0.25) is 0 Å². The number of nitrogens with zero attached hydrogens (tertiary/aromatic N) is 5. The maximum absolute atomic E-state index is 12.5. The molecular formula is C13H12N6O4S. The van der Waals surface area contributed by atoms with Gasteiger partial charge in [0.1, 0.15) is 5.69 Å². The van der Waals surface area contributed by atoms with Gasteiger partial charge in [-0.05, 0) is 25.5 Å². The van der Waals surface area contributed by atoms with Gasteiger partial charge in [0.2, 0.25) is 0 Å². The zero-order chi connectivity index (χ0) is 17.5. The van der Waals surface area contributed by atoms with Crippen molar-refractivity contribution in [2.45, 2.75) is 19.0 Å². The third-order valence-corrected chi connectivity index (χ3v) is 4.46. The first-order valence-electron chi connectivity index (χ1n) is 6.75. The Bertz CT molecular complexity index is 1060. The van der Waals surface area contributed by atoms with Gasteiger partial charge in [-0.3, -0.25) is 14.8 Å². The van der Waals surface area contributed by atoms with E-state index in [0.717, 1.165) is 0 Å². The van der Waals surface area contributed by atoms with Crippen LogP contribution < -0.4 is 4.72 Å². The second-order valence-electron chi connectivity index (χ2n) is 5.02. The molecule has 3 rings (SSSR count). The Balaban J connectivity index is 2.09. The van der Waals surface area contributed by atoms with Crippen molar-refractivity contribution >= 4 is 27.2 Å². The van der Waals surface area contributed by atoms with Crippen LogP contribution in [-0.4, -0.2) is 32.9 Å². The lowest BCUT2D eigenvalue weighted by atomic mass is 10.2. The maximum Gasteiger partial charge on any atom is 0.299 e. The Hall–Kier alpha value is -3.08. The molecule has 2 heterocycles. The van der Waals surface area contributed by atoms with Gasteiger partial charge in [0.05, 0.1) is 4.92 Å². The molecule has 0 amide bonds. The fourth-order valence-electron chi connectivity index (χ4n) is 2.12. The number of aromatic nitrogens is 4. The monoisotopic (exact) mass is 348 g/mol. The van der Waals surface area contributed by atoms with Gasteiger partial charge in [-0.2, -0.15) is 13.4 Å². The summed E-state index contributed by atoms with van der Waals surface area (Å²) >= 11 is 0. The summed E-state index contributed by atoms with van der Waals surface area (Å²) in [7, 11) is -4.21. The molecule has 0 bridgehead atoms. The van der Waals surface area contributed by atoms with E-state index in [1.807, 2.05) is 0 Å². The number of rotatable bonds is 4. The molecule has 2 aromatic heterocycles. The highest BCUT2D eigenvalue weighted by molar-refractivity contribution is 7.92. The molecule has 0 saturated carbocycles. The van der Waals surface area contributed by atoms with Crippen molar-refractivity contribution in [2.24, 2.45) is 0 Å². The van der Waals surface area contributed by atoms with Crippen LogP contribution in [0, 0.1) is 24.0 Å². The normalized spacial score (nSPS) is 11.6. The lowest BCUT2D eigenvalue weighted by Crippen LogP contribution is -2.16. The molecule has 1 aromatic carbocycles. The van der Waals surface area contributed by atoms with E-state index in [1.165, 1.54) is 22.8 Å². The summed E-state index contributed by atoms with van der Waals surface area (Å²) in [6.45, 7) is 3.28. The molecule has 10 nitrogen and oxygen atoms in total. The average Bonchev–Trinajstić information content (AvgIpc) is 2.95. The lowest BCUT2D eigenvalue weighted by Gasteiger charge is -2.08. The van der Waals surface area contributed by atoms with Gasteiger partial charge < -0.3 is 0 Å². The summed E-state index contributed by atoms with van der Waals surface area (Å²) in [5.41, 5.74) is 0.587. The van der Waals surface area contributed by atoms with E-state index in [4.69, 9.17) is 0 Å². The predicted octanol–water partition coefficient (Wildman–Crippen LogP) is 1.45. The van der Waals surface area contributed by atoms with Crippen LogP contribution in [-0.2, 0) is 10.0 Å². The average molecular weight is 348 g/mol. The topological polar surface area (TPSA) is 132 Å². The SMILES string of the molecule is Cc1cccc([N+](=O)[O-])c1NS(=O)(=O)c1nc2nccc(C)n2n1. The molecule has 0 radical (unpaired) electrons. The number of fused-ring (bicyclic) bond motifs is 1. The molecule has 0 unspecified atom stereocenters. The molecule has 11 heteroatoms. The van der Waals surface area contributed by atoms with E-state index in [2.05, 4.69) is 19.8 Å². The molecule has 3 aromatic rings. The first-order chi connectivity index (χ1) is 11.3. The first kappa shape index (κ1) is 15.8. The minimum Gasteiger partial charge on any atom is -0.270 e. The van der Waals surface area contributed by atoms with Crippen molar-refractivity contribution in [2.75, 3.05) is 4.72 Å². The number of hydrogen-bond acceptors (Lipinski definition) is 7. The summed E-state index contributed by atoms with van der Waals surface area (Å²) in [6.07, 6.45) is 1.48. The molecule has 0 saturated heterocycles. The van der Waals surface area contributed by atoms with Crippen molar-refractivity contribution in [3.05, 3.63) is 51.8 Å². The number of aryl methyl sites for hydroxylation is 2. The fourth-order valence-corrected chi connectivity index (χ4v) is 3.14. The number of benzene rings is 1. The number of nitrogens with one attached hydrogen (secondary N) is 1. The fraction of sp³-hybridized carbons (Fsp3) is 0.154. The van der Waals surface area contributed by atoms with Crippen molar-refractivity contribution in [1.29, 1.82) is 0 Å². The van der Waals surface area contributed by atoms with Crippen LogP contribution in [0.25, 0.3) is 5.78 Å². The van der Waals surface area contributed by atoms with Crippen LogP contribution in [0.5, 0.6) is 0 Å². The van der Waals surface area contributed by atoms with Gasteiger partial charge >= 0.3 is 0 Å². The number of anilines is 1. The molecule has 0 fully saturated rings. The lowest BCUT2D eigenvalue weighted by molar-refractivity contribution is -0.383. The van der Waals surface area contributed by atoms with Gasteiger partial charge in [0.25, 0.3) is 26.6 Å². The van der Waals surface area contributed by atoms with Crippen molar-refractivity contribution in [3.8, 4) is 0 Å². The van der Waals surface area contributed by atoms with Crippen molar-refractivity contribution in [3.63, 3.8) is 0 Å². The van der Waals surface area contributed by atoms with Gasteiger partial charge in [-0.25, -0.2) is 9.50 Å². The van der Waals surface area contributed by atoms with Crippen LogP contribution in [0.3, 0.4) is 0 Å². The predicted molar refractivity (Wildman–Crippen MR) is 84.2 cm³/mol. The van der Waals surface area contributed by atoms with E-state index >= 15 is 0 Å². The van der Waals surface area contributed by atoms with E-state index in [0.29, 0.717) is 11.3 Å². The van der Waals surface area contributed by atoms with Gasteiger partial charge in [0.15, 0.2) is 0 Å². The zero-order valence-corrected chi connectivity index (χ0v) is 13.5. The summed E-state index contributed by atoms with van der Waals surface area (Å²) < 4.78 is 28.5. The van der Waals surface area contributed by atoms with Crippen LogP contribution in [0.4, 0.5) is 11.4 Å². The number of sulfonamides is 1. The first-order valence-corrected chi connectivity index (χ1v) is 8.23. The highest BCUT2D eigenvalue weighted by atomic mass is 32.2. The second kappa shape index (κ2) is 5.53. The van der Waals surface area contributed by atoms with Gasteiger partial charge in [-0.1, -0.05) is 12.1 Å². The molecular weight excluding hydrogens is 336 g/mol. The van der Waals surface area contributed by atoms with Crippen LogP contribution >= 0.6 is 0 Å². The van der Waals surface area contributed by atoms with Gasteiger partial charge in [-0.15, -0.1) is 5.10 Å². The highest BCUT2D eigenvalue weighted by Crippen LogP contribution is 2.29. The summed E-state index contributed by atoms with van der Waals surface area (Å²) in [5.74, 6) is 0.120. The zero-order valence-electron chi connectivity index (χ0n) is 12.7. The smallest absolute Gasteiger partial charge is 0.270 e. The van der Waals surface area contributed by atoms with E-state index in [9.17, 15) is 18.5 Å². The third-order valence-electron chi connectivity index (χ3n) is 3.33. The molecule has 124 valence electrons. The summed E-state index contributed by atoms with van der Waals surface area (Å²) in [5, 5.41) is 14.5. The van der Waals surface area contributed by atoms with E-state index < -0.39 is 20.1 Å². The summed E-state index contributed by atoms with van der Waals surface area (Å²) in [6, 6.07) is 5.90. The number of nitro groups is 1. The van der Waals surface area contributed by atoms with Crippen LogP contribution in [0.15, 0.2) is 35.6 Å². The van der Waals surface area contributed by atoms with Crippen molar-refractivity contribution in [1.82, 2.24) is 19.6 Å². The Morgan fingerprint density at radius 3 is 2.67 bits per heavy atom. The van der Waals surface area contributed by atoms with E-state index in [-0.39, 0.29) is 17.2 Å². The Morgan fingerprint density at radius 2 is 2.00 bits per heavy atom. The highest BCUT2D eigenvalue weighted by Gasteiger charge is 2.26. The maximum atomic E-state index is 12.5. The Kier molecular flexibility index (Phi) is 3.64. The standard InChI is InChI=1S/C13H12N6O4S/c1-8-4-3-5-10(19(20)21)11(8)17-24(22,23)13-15-12-14-7-6-9(2)18(12)16-13/h3-7,17H,1-2H3. The molecule has 0 aliphatic heterocycles. The minimum atomic E-state index is -4.21. The number of para-hydroxylation sites is 1. The van der Waals surface area contributed by atoms with E-state index in [1.54, 1.807) is 26.0 Å². The largest absolute Gasteiger partial charge is 0.299 e. The van der Waals surface area contributed by atoms with Crippen LogP contribution in [0.1, 0.15) is 11.3 Å². The third kappa shape index (κ3) is 2.65. The molecule has 1 N–H and O–H groups in total. The molecule has 0 aliphatic carbocycles. The molecule has 0 spiro atoms. The molecule has 0 atom stereocenters. The van der Waals surface area contributed by atoms with Gasteiger partial charge in [0, 0.05) is 18.0 Å². The number of nitro benzene ring substituents is 1. The molecule has 24 heavy (non-hydrogen) atoms. The Labute approximate surface area is 136 Å². The second-order valence-corrected chi connectivity index (χ2v) is 6.60. The molecule has 0 aliphatic rings. The minimum absolute atomic E-state index is 0.119. The number of hydrogen-bond donors (Lipinski definition) is 1.